The molecule has 6 rings (SSSR count). The number of benzene rings is 3. The predicted octanol–water partition coefficient (Wildman–Crippen LogP) is 11.9. The van der Waals surface area contributed by atoms with Gasteiger partial charge < -0.3 is 9.73 Å². The summed E-state index contributed by atoms with van der Waals surface area (Å²) in [5, 5.41) is 9.09. The first kappa shape index (κ1) is 36.6. The van der Waals surface area contributed by atoms with Crippen molar-refractivity contribution in [3.05, 3.63) is 94.1 Å². The van der Waals surface area contributed by atoms with Gasteiger partial charge in [-0.2, -0.15) is 5.70 Å². The van der Waals surface area contributed by atoms with Crippen LogP contribution in [-0.4, -0.2) is 16.8 Å². The fraction of sp³-hybridized carbons (Fsp3) is 0.429. The molecule has 1 radical (unpaired) electrons. The average molecular weight is 807 g/mol. The normalized spacial score (nSPS) is 14.3. The minimum Gasteiger partial charge on any atom is -0.685 e. The minimum absolute atomic E-state index is 0. The summed E-state index contributed by atoms with van der Waals surface area (Å²) < 4.78 is 6.51. The molecule has 5 heteroatoms. The van der Waals surface area contributed by atoms with Gasteiger partial charge in [0.25, 0.3) is 0 Å². The van der Waals surface area contributed by atoms with Crippen molar-refractivity contribution in [1.29, 1.82) is 0 Å². The molecule has 1 aliphatic carbocycles. The first-order valence-electron chi connectivity index (χ1n) is 17.0. The van der Waals surface area contributed by atoms with Crippen LogP contribution >= 0.6 is 0 Å². The van der Waals surface area contributed by atoms with Crippen LogP contribution in [0.4, 0.5) is 0 Å². The molecule has 0 N–H and O–H groups in total. The summed E-state index contributed by atoms with van der Waals surface area (Å²) in [6.45, 7) is 19.0. The number of aryl methyl sites for hydroxylation is 2. The average Bonchev–Trinajstić information content (AvgIpc) is 3.38. The molecule has 0 atom stereocenters. The van der Waals surface area contributed by atoms with Crippen LogP contribution in [0.15, 0.2) is 64.7 Å². The number of carbonyl (C=O) groups excluding carboxylic acids is 1. The van der Waals surface area contributed by atoms with E-state index in [-0.39, 0.29) is 31.3 Å². The van der Waals surface area contributed by atoms with Gasteiger partial charge in [-0.25, -0.2) is 0 Å². The number of ketones is 1. The van der Waals surface area contributed by atoms with Crippen LogP contribution in [0.3, 0.4) is 0 Å². The Morgan fingerprint density at radius 3 is 2.38 bits per heavy atom. The Hall–Kier alpha value is -3.27. The number of pyridine rings is 1. The van der Waals surface area contributed by atoms with Crippen molar-refractivity contribution in [2.75, 3.05) is 0 Å². The topological polar surface area (TPSA) is 57.2 Å². The zero-order chi connectivity index (χ0) is 33.2. The third-order valence-electron chi connectivity index (χ3n) is 8.78. The number of hydrogen-bond acceptors (Lipinski definition) is 3. The second-order valence-electron chi connectivity index (χ2n) is 14.7. The molecule has 0 aliphatic heterocycles. The van der Waals surface area contributed by atoms with Gasteiger partial charge in [-0.3, -0.25) is 9.78 Å². The van der Waals surface area contributed by atoms with Gasteiger partial charge in [0.15, 0.2) is 5.78 Å². The molecule has 5 aromatic rings. The van der Waals surface area contributed by atoms with Crippen molar-refractivity contribution in [3.63, 3.8) is 0 Å². The number of carbonyl (C=O) groups is 1. The van der Waals surface area contributed by atoms with Gasteiger partial charge in [0, 0.05) is 43.0 Å². The van der Waals surface area contributed by atoms with Crippen LogP contribution in [0.5, 0.6) is 0 Å². The molecule has 1 aliphatic rings. The van der Waals surface area contributed by atoms with Crippen molar-refractivity contribution in [1.82, 2.24) is 4.98 Å². The van der Waals surface area contributed by atoms with E-state index in [2.05, 4.69) is 108 Å². The largest absolute Gasteiger partial charge is 0.685 e. The van der Waals surface area contributed by atoms with Crippen LogP contribution in [0.25, 0.3) is 49.2 Å². The molecular formula is C42H50IrN2O2-2. The predicted molar refractivity (Wildman–Crippen MR) is 195 cm³/mol. The fourth-order valence-electron chi connectivity index (χ4n) is 6.83. The van der Waals surface area contributed by atoms with E-state index < -0.39 is 0 Å². The summed E-state index contributed by atoms with van der Waals surface area (Å²) in [4.78, 5) is 16.0. The molecule has 0 saturated heterocycles. The quantitative estimate of drug-likeness (QED) is 0.127. The van der Waals surface area contributed by atoms with Gasteiger partial charge in [-0.15, -0.1) is 35.2 Å². The second-order valence-corrected chi connectivity index (χ2v) is 14.7. The standard InChI is InChI=1S/C31H32NO.C11H19NO.Ir/c1-18(2)12-23-17-25-29(32-27-14-19(3)13-20(4)28(27)30(25)33-23)22-15-21-10-8-9-11-24(21)26(16-22)31(5,6)7;1-9(8-10(2)13)12-11-6-4-3-5-7-11;/h8-11,13-14,16-18H,12H2,1-7H3;8,11H,3-7H2,1-2H3,(H,12,13);/q-1;;/p-1. The smallest absolute Gasteiger partial charge is 0.151 e. The van der Waals surface area contributed by atoms with Gasteiger partial charge in [-0.1, -0.05) is 109 Å². The molecule has 0 unspecified atom stereocenters. The number of rotatable bonds is 6. The van der Waals surface area contributed by atoms with Gasteiger partial charge in [-0.05, 0) is 61.4 Å². The Labute approximate surface area is 295 Å². The molecule has 0 spiro atoms. The summed E-state index contributed by atoms with van der Waals surface area (Å²) in [6.07, 6.45) is 8.86. The SMILES string of the molecule is CC(=O)/C=C(/C)[N-]C1CCCCC1.Cc1cc(C)c2c(c1)nc(-c1[c-]c3ccccc3c(C(C)(C)C)c1)c1cc(CC(C)C)oc12.[Ir]. The monoisotopic (exact) mass is 807 g/mol. The van der Waals surface area contributed by atoms with E-state index in [9.17, 15) is 4.79 Å². The molecule has 47 heavy (non-hydrogen) atoms. The maximum Gasteiger partial charge on any atom is 0.151 e. The third-order valence-corrected chi connectivity index (χ3v) is 8.78. The molecule has 1 saturated carbocycles. The summed E-state index contributed by atoms with van der Waals surface area (Å²) in [5.74, 6) is 1.64. The van der Waals surface area contributed by atoms with Gasteiger partial charge in [0.05, 0.1) is 5.52 Å². The Kier molecular flexibility index (Phi) is 11.9. The Bertz CT molecular complexity index is 1900. The zero-order valence-corrected chi connectivity index (χ0v) is 32.0. The van der Waals surface area contributed by atoms with Crippen molar-refractivity contribution in [2.24, 2.45) is 5.92 Å². The first-order valence-corrected chi connectivity index (χ1v) is 17.0. The van der Waals surface area contributed by atoms with Crippen molar-refractivity contribution in [3.8, 4) is 11.3 Å². The second kappa shape index (κ2) is 15.3. The molecule has 2 aromatic heterocycles. The summed E-state index contributed by atoms with van der Waals surface area (Å²) >= 11 is 0. The number of hydrogen-bond donors (Lipinski definition) is 0. The Balaban J connectivity index is 0.000000303. The molecular weight excluding hydrogens is 757 g/mol. The summed E-state index contributed by atoms with van der Waals surface area (Å²) in [6, 6.07) is 21.6. The maximum absolute atomic E-state index is 10.8. The van der Waals surface area contributed by atoms with Crippen LogP contribution in [0, 0.1) is 25.8 Å². The maximum atomic E-state index is 10.8. The van der Waals surface area contributed by atoms with E-state index in [1.165, 1.54) is 54.2 Å². The number of fused-ring (bicyclic) bond motifs is 4. The van der Waals surface area contributed by atoms with Gasteiger partial charge >= 0.3 is 0 Å². The van der Waals surface area contributed by atoms with Gasteiger partial charge in [0.2, 0.25) is 0 Å². The van der Waals surface area contributed by atoms with Crippen molar-refractivity contribution >= 4 is 38.4 Å². The van der Waals surface area contributed by atoms with E-state index in [0.717, 1.165) is 56.4 Å². The Morgan fingerprint density at radius 1 is 1.02 bits per heavy atom. The minimum atomic E-state index is 0. The first-order chi connectivity index (χ1) is 21.8. The summed E-state index contributed by atoms with van der Waals surface area (Å²) in [5.41, 5.74) is 8.54. The van der Waals surface area contributed by atoms with Gasteiger partial charge in [0.1, 0.15) is 11.3 Å². The van der Waals surface area contributed by atoms with Crippen LogP contribution in [-0.2, 0) is 36.7 Å². The van der Waals surface area contributed by atoms with E-state index in [4.69, 9.17) is 9.40 Å². The van der Waals surface area contributed by atoms with Crippen molar-refractivity contribution in [2.45, 2.75) is 112 Å². The van der Waals surface area contributed by atoms with Crippen molar-refractivity contribution < 1.29 is 29.3 Å². The summed E-state index contributed by atoms with van der Waals surface area (Å²) in [7, 11) is 0. The molecule has 251 valence electrons. The number of allylic oxidation sites excluding steroid dienone is 2. The molecule has 3 aromatic carbocycles. The fourth-order valence-corrected chi connectivity index (χ4v) is 6.83. The Morgan fingerprint density at radius 2 is 1.72 bits per heavy atom. The van der Waals surface area contributed by atoms with Crippen LogP contribution in [0.2, 0.25) is 0 Å². The van der Waals surface area contributed by atoms with E-state index in [0.29, 0.717) is 12.0 Å². The number of nitrogens with zero attached hydrogens (tertiary/aromatic N) is 2. The number of aromatic nitrogens is 1. The molecule has 0 amide bonds. The van der Waals surface area contributed by atoms with Crippen LogP contribution < -0.4 is 0 Å². The molecule has 0 bridgehead atoms. The molecule has 4 nitrogen and oxygen atoms in total. The van der Waals surface area contributed by atoms with E-state index in [1.54, 1.807) is 13.0 Å². The molecule has 2 heterocycles. The van der Waals surface area contributed by atoms with E-state index >= 15 is 0 Å². The number of furan rings is 1. The molecule has 1 fully saturated rings. The van der Waals surface area contributed by atoms with E-state index in [1.807, 2.05) is 6.92 Å². The zero-order valence-electron chi connectivity index (χ0n) is 29.6. The third kappa shape index (κ3) is 8.80. The van der Waals surface area contributed by atoms with Crippen LogP contribution in [0.1, 0.15) is 103 Å².